The fourth-order valence-electron chi connectivity index (χ4n) is 5.27. The number of ether oxygens (including phenoxy) is 2. The summed E-state index contributed by atoms with van der Waals surface area (Å²) in [6.45, 7) is 0.539. The molecule has 0 aliphatic carbocycles. The molecular formula is C35H40N6O6. The first-order valence-electron chi connectivity index (χ1n) is 15.8. The molecule has 4 bridgehead atoms. The summed E-state index contributed by atoms with van der Waals surface area (Å²) in [5.74, 6) is -0.301. The van der Waals surface area contributed by atoms with Crippen LogP contribution in [0, 0.1) is 0 Å². The Labute approximate surface area is 273 Å². The number of benzene rings is 3. The van der Waals surface area contributed by atoms with Crippen LogP contribution in [0.15, 0.2) is 91.1 Å². The number of aryl methyl sites for hydroxylation is 1. The van der Waals surface area contributed by atoms with Gasteiger partial charge in [0.25, 0.3) is 0 Å². The Morgan fingerprint density at radius 2 is 1.66 bits per heavy atom. The molecule has 3 amide bonds. The van der Waals surface area contributed by atoms with Crippen molar-refractivity contribution in [3.63, 3.8) is 0 Å². The van der Waals surface area contributed by atoms with E-state index in [0.717, 1.165) is 16.7 Å². The molecule has 6 rings (SSSR count). The van der Waals surface area contributed by atoms with Gasteiger partial charge in [-0.25, -0.2) is 4.79 Å². The third kappa shape index (κ3) is 10.4. The summed E-state index contributed by atoms with van der Waals surface area (Å²) < 4.78 is 13.0. The lowest BCUT2D eigenvalue weighted by atomic mass is 10.0. The highest BCUT2D eigenvalue weighted by Crippen LogP contribution is 2.16. The van der Waals surface area contributed by atoms with Crippen LogP contribution in [0.5, 0.6) is 5.75 Å². The van der Waals surface area contributed by atoms with E-state index in [2.05, 4.69) is 26.3 Å². The Kier molecular flexibility index (Phi) is 11.9. The maximum atomic E-state index is 13.8. The molecule has 0 spiro atoms. The van der Waals surface area contributed by atoms with E-state index < -0.39 is 36.0 Å². The van der Waals surface area contributed by atoms with Gasteiger partial charge in [-0.3, -0.25) is 14.3 Å². The molecule has 0 radical (unpaired) electrons. The molecule has 4 aromatic rings. The number of carbonyl (C=O) groups is 3. The first-order valence-corrected chi connectivity index (χ1v) is 15.8. The van der Waals surface area contributed by atoms with Crippen molar-refractivity contribution in [1.29, 1.82) is 0 Å². The zero-order valence-corrected chi connectivity index (χ0v) is 26.1. The topological polar surface area (TPSA) is 157 Å². The van der Waals surface area contributed by atoms with Crippen molar-refractivity contribution in [1.82, 2.24) is 30.9 Å². The van der Waals surface area contributed by atoms with Gasteiger partial charge in [0.1, 0.15) is 36.7 Å². The van der Waals surface area contributed by atoms with E-state index >= 15 is 0 Å². The number of aliphatic hydroxyl groups is 1. The minimum atomic E-state index is -0.970. The van der Waals surface area contributed by atoms with Gasteiger partial charge < -0.3 is 30.5 Å². The van der Waals surface area contributed by atoms with Crippen LogP contribution in [-0.2, 0) is 46.9 Å². The predicted molar refractivity (Wildman–Crippen MR) is 173 cm³/mol. The number of amides is 3. The Bertz CT molecular complexity index is 1580. The van der Waals surface area contributed by atoms with Crippen LogP contribution in [0.4, 0.5) is 4.79 Å². The first kappa shape index (κ1) is 33.1. The molecular weight excluding hydrogens is 600 g/mol. The number of carbonyl (C=O) groups excluding carboxylic acids is 3. The van der Waals surface area contributed by atoms with E-state index in [1.165, 1.54) is 0 Å². The molecule has 4 N–H and O–H groups in total. The molecule has 0 saturated carbocycles. The van der Waals surface area contributed by atoms with Crippen molar-refractivity contribution in [2.24, 2.45) is 0 Å². The number of nitrogens with zero attached hydrogens (tertiary/aromatic N) is 3. The summed E-state index contributed by atoms with van der Waals surface area (Å²) in [7, 11) is 0. The molecule has 12 heteroatoms. The molecule has 0 saturated heterocycles. The lowest BCUT2D eigenvalue weighted by Gasteiger charge is -2.25. The number of hydrogen-bond acceptors (Lipinski definition) is 8. The molecule has 0 fully saturated rings. The summed E-state index contributed by atoms with van der Waals surface area (Å²) in [5, 5.41) is 27.0. The fourth-order valence-corrected chi connectivity index (χ4v) is 5.27. The molecule has 3 atom stereocenters. The van der Waals surface area contributed by atoms with E-state index in [4.69, 9.17) is 9.47 Å². The third-order valence-corrected chi connectivity index (χ3v) is 7.81. The van der Waals surface area contributed by atoms with E-state index in [1.807, 2.05) is 91.1 Å². The van der Waals surface area contributed by atoms with Gasteiger partial charge in [0.2, 0.25) is 11.8 Å². The van der Waals surface area contributed by atoms with Crippen LogP contribution in [0.2, 0.25) is 0 Å². The fraction of sp³-hybridized carbons (Fsp3) is 0.343. The van der Waals surface area contributed by atoms with E-state index in [-0.39, 0.29) is 26.2 Å². The highest BCUT2D eigenvalue weighted by Gasteiger charge is 2.28. The molecule has 12 nitrogen and oxygen atoms in total. The Hall–Kier alpha value is -5.23. The Morgan fingerprint density at radius 1 is 0.936 bits per heavy atom. The van der Waals surface area contributed by atoms with Gasteiger partial charge in [0, 0.05) is 13.0 Å². The van der Waals surface area contributed by atoms with Crippen LogP contribution in [0.25, 0.3) is 0 Å². The van der Waals surface area contributed by atoms with Crippen LogP contribution < -0.4 is 20.7 Å². The van der Waals surface area contributed by atoms with E-state index in [1.54, 1.807) is 4.68 Å². The highest BCUT2D eigenvalue weighted by molar-refractivity contribution is 5.91. The average molecular weight is 641 g/mol. The lowest BCUT2D eigenvalue weighted by Crippen LogP contribution is -2.56. The molecule has 2 aliphatic heterocycles. The van der Waals surface area contributed by atoms with Crippen molar-refractivity contribution in [3.05, 3.63) is 114 Å². The van der Waals surface area contributed by atoms with Gasteiger partial charge >= 0.3 is 6.09 Å². The van der Waals surface area contributed by atoms with E-state index in [9.17, 15) is 19.5 Å². The smallest absolute Gasteiger partial charge is 0.408 e. The van der Waals surface area contributed by atoms with Crippen molar-refractivity contribution in [2.75, 3.05) is 6.61 Å². The highest BCUT2D eigenvalue weighted by atomic mass is 16.5. The van der Waals surface area contributed by atoms with Crippen molar-refractivity contribution >= 4 is 17.9 Å². The second-order valence-corrected chi connectivity index (χ2v) is 11.5. The number of rotatable bonds is 6. The van der Waals surface area contributed by atoms with Crippen LogP contribution >= 0.6 is 0 Å². The maximum absolute atomic E-state index is 13.8. The summed E-state index contributed by atoms with van der Waals surface area (Å²) in [6.07, 6.45) is 3.17. The van der Waals surface area contributed by atoms with Gasteiger partial charge in [0.05, 0.1) is 18.8 Å². The Morgan fingerprint density at radius 3 is 2.38 bits per heavy atom. The number of alkyl carbamates (subject to hydrolysis) is 1. The molecule has 246 valence electrons. The summed E-state index contributed by atoms with van der Waals surface area (Å²) in [6, 6.07) is 23.4. The number of fused-ring (bicyclic) bond motifs is 14. The lowest BCUT2D eigenvalue weighted by molar-refractivity contribution is -0.130. The second-order valence-electron chi connectivity index (χ2n) is 11.5. The summed E-state index contributed by atoms with van der Waals surface area (Å²) in [5.41, 5.74) is 3.21. The van der Waals surface area contributed by atoms with Gasteiger partial charge in [-0.1, -0.05) is 78.0 Å². The summed E-state index contributed by atoms with van der Waals surface area (Å²) in [4.78, 5) is 40.3. The number of nitrogens with one attached hydrogen (secondary N) is 3. The minimum absolute atomic E-state index is 0.0452. The molecule has 3 heterocycles. The van der Waals surface area contributed by atoms with Crippen molar-refractivity contribution < 1.29 is 29.0 Å². The molecule has 0 unspecified atom stereocenters. The van der Waals surface area contributed by atoms with Crippen molar-refractivity contribution in [2.45, 2.75) is 70.0 Å². The zero-order chi connectivity index (χ0) is 32.8. The third-order valence-electron chi connectivity index (χ3n) is 7.81. The standard InChI is InChI=1S/C35H40N6O6/c42-22-28-19-26-14-16-30(17-15-26)46-24-29-21-41(40-39-29)18-8-7-13-31(38-35(45)47-23-27-11-5-2-6-12-27)33(43)37-32(34(44)36-28)20-25-9-3-1-4-10-25/h1-6,9-12,14-17,21,28,31-32,42H,7-8,13,18-20,22-24H2,(H,36,44)(H,37,43)(H,38,45)/t28-,31-,32-/m0/s1. The number of aromatic nitrogens is 3. The quantitative estimate of drug-likeness (QED) is 0.251. The molecule has 2 aliphatic rings. The molecule has 3 aromatic carbocycles. The predicted octanol–water partition coefficient (Wildman–Crippen LogP) is 3.08. The van der Waals surface area contributed by atoms with Gasteiger partial charge in [-0.15, -0.1) is 5.10 Å². The van der Waals surface area contributed by atoms with E-state index in [0.29, 0.717) is 43.7 Å². The van der Waals surface area contributed by atoms with Gasteiger partial charge in [0.15, 0.2) is 0 Å². The first-order chi connectivity index (χ1) is 22.9. The zero-order valence-electron chi connectivity index (χ0n) is 26.1. The number of aliphatic hydroxyl groups excluding tert-OH is 1. The van der Waals surface area contributed by atoms with Gasteiger partial charge in [-0.2, -0.15) is 0 Å². The Balaban J connectivity index is 1.35. The molecule has 1 aromatic heterocycles. The largest absolute Gasteiger partial charge is 0.487 e. The second kappa shape index (κ2) is 16.9. The average Bonchev–Trinajstić information content (AvgIpc) is 3.55. The normalized spacial score (nSPS) is 19.4. The minimum Gasteiger partial charge on any atom is -0.487 e. The van der Waals surface area contributed by atoms with Crippen molar-refractivity contribution in [3.8, 4) is 5.75 Å². The van der Waals surface area contributed by atoms with Crippen LogP contribution in [-0.4, -0.2) is 62.7 Å². The van der Waals surface area contributed by atoms with Gasteiger partial charge in [-0.05, 0) is 54.5 Å². The monoisotopic (exact) mass is 640 g/mol. The van der Waals surface area contributed by atoms with Crippen LogP contribution in [0.3, 0.4) is 0 Å². The number of hydrogen-bond donors (Lipinski definition) is 4. The van der Waals surface area contributed by atoms with Crippen LogP contribution in [0.1, 0.15) is 41.6 Å². The maximum Gasteiger partial charge on any atom is 0.408 e. The molecule has 47 heavy (non-hydrogen) atoms. The SMILES string of the molecule is O=C(N[C@H]1CCCCn2cc(nn2)COc2ccc(cc2)C[C@@H](CO)NC(=O)[C@H](Cc2ccccc2)NC1=O)OCc1ccccc1. The summed E-state index contributed by atoms with van der Waals surface area (Å²) >= 11 is 0.